The Morgan fingerprint density at radius 3 is 3.07 bits per heavy atom. The third kappa shape index (κ3) is 1.84. The van der Waals surface area contributed by atoms with E-state index in [0.717, 1.165) is 16.8 Å². The highest BCUT2D eigenvalue weighted by Crippen LogP contribution is 2.21. The topological polar surface area (TPSA) is 41.1 Å². The van der Waals surface area contributed by atoms with E-state index in [1.807, 2.05) is 25.1 Å². The summed E-state index contributed by atoms with van der Waals surface area (Å²) in [6, 6.07) is 5.82. The van der Waals surface area contributed by atoms with Gasteiger partial charge in [0.15, 0.2) is 0 Å². The molecule has 1 aliphatic heterocycles. The molecule has 3 nitrogen and oxygen atoms in total. The second-order valence-electron chi connectivity index (χ2n) is 3.37. The van der Waals surface area contributed by atoms with E-state index in [1.165, 1.54) is 0 Å². The Morgan fingerprint density at radius 2 is 2.29 bits per heavy atom. The molecular weight excluding hydrogens is 291 g/mol. The minimum absolute atomic E-state index is 0.00617. The lowest BCUT2D eigenvalue weighted by Gasteiger charge is -2.10. The minimum Gasteiger partial charge on any atom is -0.371 e. The van der Waals surface area contributed by atoms with Crippen molar-refractivity contribution in [1.29, 1.82) is 0 Å². The van der Waals surface area contributed by atoms with Gasteiger partial charge in [0, 0.05) is 12.2 Å². The summed E-state index contributed by atoms with van der Waals surface area (Å²) >= 11 is 2.27. The standard InChI is InChI=1S/C10H11IN2O/c1-6-2-3-7-8(4-6)13-9(11)5-12-10(7)14/h2-4,9,13H,5H2,1H3,(H,12,14). The number of rotatable bonds is 0. The number of fused-ring (bicyclic) bond motifs is 1. The van der Waals surface area contributed by atoms with Crippen molar-refractivity contribution in [1.82, 2.24) is 5.32 Å². The third-order valence-corrected chi connectivity index (χ3v) is 2.93. The SMILES string of the molecule is Cc1ccc2c(c1)NC(I)CNC2=O. The van der Waals surface area contributed by atoms with Gasteiger partial charge in [-0.3, -0.25) is 4.79 Å². The molecule has 0 bridgehead atoms. The van der Waals surface area contributed by atoms with Gasteiger partial charge in [0.05, 0.1) is 9.61 Å². The number of carbonyl (C=O) groups excluding carboxylic acids is 1. The van der Waals surface area contributed by atoms with E-state index in [9.17, 15) is 4.79 Å². The van der Waals surface area contributed by atoms with Gasteiger partial charge >= 0.3 is 0 Å². The fourth-order valence-electron chi connectivity index (χ4n) is 1.47. The molecule has 74 valence electrons. The van der Waals surface area contributed by atoms with Gasteiger partial charge in [-0.05, 0) is 24.6 Å². The summed E-state index contributed by atoms with van der Waals surface area (Å²) in [4.78, 5) is 11.6. The summed E-state index contributed by atoms with van der Waals surface area (Å²) in [6.45, 7) is 2.68. The molecule has 0 saturated carbocycles. The summed E-state index contributed by atoms with van der Waals surface area (Å²) in [6.07, 6.45) is 0. The number of nitrogens with one attached hydrogen (secondary N) is 2. The Hall–Kier alpha value is -0.780. The molecule has 14 heavy (non-hydrogen) atoms. The first kappa shape index (κ1) is 9.76. The van der Waals surface area contributed by atoms with E-state index in [2.05, 4.69) is 33.2 Å². The monoisotopic (exact) mass is 302 g/mol. The second kappa shape index (κ2) is 3.76. The molecule has 1 atom stereocenters. The van der Waals surface area contributed by atoms with Crippen LogP contribution in [0.3, 0.4) is 0 Å². The molecular formula is C10H11IN2O. The number of anilines is 1. The van der Waals surface area contributed by atoms with E-state index >= 15 is 0 Å². The molecule has 2 N–H and O–H groups in total. The van der Waals surface area contributed by atoms with E-state index in [0.29, 0.717) is 6.54 Å². The van der Waals surface area contributed by atoms with Crippen molar-refractivity contribution in [3.8, 4) is 0 Å². The van der Waals surface area contributed by atoms with Crippen LogP contribution in [0.1, 0.15) is 15.9 Å². The number of halogens is 1. The number of carbonyl (C=O) groups is 1. The molecule has 0 aliphatic carbocycles. The van der Waals surface area contributed by atoms with Crippen LogP contribution in [0.25, 0.3) is 0 Å². The Bertz CT molecular complexity index is 378. The van der Waals surface area contributed by atoms with Crippen molar-refractivity contribution in [2.75, 3.05) is 11.9 Å². The van der Waals surface area contributed by atoms with Crippen LogP contribution in [0, 0.1) is 6.92 Å². The van der Waals surface area contributed by atoms with E-state index in [-0.39, 0.29) is 9.96 Å². The Kier molecular flexibility index (Phi) is 2.62. The van der Waals surface area contributed by atoms with Crippen LogP contribution >= 0.6 is 22.6 Å². The van der Waals surface area contributed by atoms with E-state index in [4.69, 9.17) is 0 Å². The van der Waals surface area contributed by atoms with Gasteiger partial charge in [-0.25, -0.2) is 0 Å². The number of amides is 1. The number of alkyl halides is 1. The zero-order chi connectivity index (χ0) is 10.1. The first-order valence-corrected chi connectivity index (χ1v) is 5.71. The first-order valence-electron chi connectivity index (χ1n) is 4.46. The van der Waals surface area contributed by atoms with Crippen molar-refractivity contribution in [2.24, 2.45) is 0 Å². The summed E-state index contributed by atoms with van der Waals surface area (Å²) in [7, 11) is 0. The largest absolute Gasteiger partial charge is 0.371 e. The maximum absolute atomic E-state index is 11.6. The van der Waals surface area contributed by atoms with Crippen LogP contribution in [0.2, 0.25) is 0 Å². The smallest absolute Gasteiger partial charge is 0.253 e. The molecule has 0 fully saturated rings. The second-order valence-corrected chi connectivity index (χ2v) is 4.87. The lowest BCUT2D eigenvalue weighted by Crippen LogP contribution is -2.28. The normalized spacial score (nSPS) is 20.4. The summed E-state index contributed by atoms with van der Waals surface area (Å²) in [5.74, 6) is 0.00617. The number of aryl methyl sites for hydroxylation is 1. The number of benzene rings is 1. The molecule has 0 aromatic heterocycles. The average Bonchev–Trinajstić information content (AvgIpc) is 2.26. The van der Waals surface area contributed by atoms with Crippen molar-refractivity contribution in [3.63, 3.8) is 0 Å². The summed E-state index contributed by atoms with van der Waals surface area (Å²) in [5.41, 5.74) is 2.82. The van der Waals surface area contributed by atoms with Crippen molar-refractivity contribution >= 4 is 34.2 Å². The van der Waals surface area contributed by atoms with Gasteiger partial charge in [0.1, 0.15) is 0 Å². The van der Waals surface area contributed by atoms with E-state index in [1.54, 1.807) is 0 Å². The fraction of sp³-hybridized carbons (Fsp3) is 0.300. The molecule has 0 spiro atoms. The van der Waals surface area contributed by atoms with Crippen LogP contribution in [0.15, 0.2) is 18.2 Å². The van der Waals surface area contributed by atoms with Crippen molar-refractivity contribution in [2.45, 2.75) is 11.0 Å². The first-order chi connectivity index (χ1) is 6.66. The fourth-order valence-corrected chi connectivity index (χ4v) is 2.03. The van der Waals surface area contributed by atoms with Gasteiger partial charge in [0.2, 0.25) is 0 Å². The van der Waals surface area contributed by atoms with Crippen LogP contribution in [0.4, 0.5) is 5.69 Å². The molecule has 1 unspecified atom stereocenters. The minimum atomic E-state index is 0.00617. The van der Waals surface area contributed by atoms with E-state index < -0.39 is 0 Å². The van der Waals surface area contributed by atoms with Crippen LogP contribution in [0.5, 0.6) is 0 Å². The number of hydrogen-bond donors (Lipinski definition) is 2. The van der Waals surface area contributed by atoms with Gasteiger partial charge in [-0.15, -0.1) is 0 Å². The molecule has 1 amide bonds. The quantitative estimate of drug-likeness (QED) is 0.437. The highest BCUT2D eigenvalue weighted by atomic mass is 127. The van der Waals surface area contributed by atoms with Gasteiger partial charge in [0.25, 0.3) is 5.91 Å². The molecule has 1 aromatic carbocycles. The Labute approximate surface area is 96.4 Å². The number of hydrogen-bond acceptors (Lipinski definition) is 2. The van der Waals surface area contributed by atoms with Crippen molar-refractivity contribution < 1.29 is 4.79 Å². The maximum atomic E-state index is 11.6. The Morgan fingerprint density at radius 1 is 1.50 bits per heavy atom. The molecule has 0 radical (unpaired) electrons. The van der Waals surface area contributed by atoms with Gasteiger partial charge < -0.3 is 10.6 Å². The van der Waals surface area contributed by atoms with Crippen LogP contribution in [-0.2, 0) is 0 Å². The molecule has 2 rings (SSSR count). The highest BCUT2D eigenvalue weighted by molar-refractivity contribution is 14.1. The molecule has 1 aromatic rings. The Balaban J connectivity index is 2.47. The summed E-state index contributed by atoms with van der Waals surface area (Å²) < 4.78 is 0.250. The van der Waals surface area contributed by atoms with Crippen LogP contribution < -0.4 is 10.6 Å². The van der Waals surface area contributed by atoms with Gasteiger partial charge in [-0.1, -0.05) is 28.7 Å². The van der Waals surface area contributed by atoms with Crippen LogP contribution in [-0.4, -0.2) is 16.5 Å². The maximum Gasteiger partial charge on any atom is 0.253 e. The zero-order valence-electron chi connectivity index (χ0n) is 7.80. The molecule has 1 aliphatic rings. The summed E-state index contributed by atoms with van der Waals surface area (Å²) in [5, 5.41) is 6.16. The average molecular weight is 302 g/mol. The predicted octanol–water partition coefficient (Wildman–Crippen LogP) is 1.91. The molecule has 0 saturated heterocycles. The lowest BCUT2D eigenvalue weighted by atomic mass is 10.1. The predicted molar refractivity (Wildman–Crippen MR) is 64.9 cm³/mol. The zero-order valence-corrected chi connectivity index (χ0v) is 9.96. The van der Waals surface area contributed by atoms with Gasteiger partial charge in [-0.2, -0.15) is 0 Å². The lowest BCUT2D eigenvalue weighted by molar-refractivity contribution is 0.0957. The van der Waals surface area contributed by atoms with Crippen molar-refractivity contribution in [3.05, 3.63) is 29.3 Å². The third-order valence-electron chi connectivity index (χ3n) is 2.17. The highest BCUT2D eigenvalue weighted by Gasteiger charge is 2.18. The molecule has 4 heteroatoms. The molecule has 1 heterocycles.